The number of amides is 2. The molecule has 2 heterocycles. The second kappa shape index (κ2) is 5.86. The SMILES string of the molecule is CC(NC(=O)c1csc(CN)n1)c1ccc2c(c1)CC(=O)N2. The van der Waals surface area contributed by atoms with Crippen LogP contribution in [-0.2, 0) is 17.8 Å². The van der Waals surface area contributed by atoms with E-state index in [1.165, 1.54) is 11.3 Å². The summed E-state index contributed by atoms with van der Waals surface area (Å²) in [6.07, 6.45) is 0.385. The molecule has 2 aromatic rings. The van der Waals surface area contributed by atoms with E-state index in [1.54, 1.807) is 5.38 Å². The molecule has 2 amide bonds. The van der Waals surface area contributed by atoms with Crippen molar-refractivity contribution in [2.24, 2.45) is 5.73 Å². The van der Waals surface area contributed by atoms with Gasteiger partial charge in [-0.15, -0.1) is 11.3 Å². The number of carbonyl (C=O) groups is 2. The van der Waals surface area contributed by atoms with Crippen LogP contribution in [0, 0.1) is 0 Å². The Balaban J connectivity index is 1.72. The maximum Gasteiger partial charge on any atom is 0.271 e. The lowest BCUT2D eigenvalue weighted by Crippen LogP contribution is -2.27. The smallest absolute Gasteiger partial charge is 0.271 e. The molecule has 1 aliphatic heterocycles. The zero-order chi connectivity index (χ0) is 15.7. The Bertz CT molecular complexity index is 741. The minimum absolute atomic E-state index is 0.000579. The first-order valence-electron chi connectivity index (χ1n) is 6.95. The molecule has 1 aromatic heterocycles. The highest BCUT2D eigenvalue weighted by atomic mass is 32.1. The number of nitrogens with zero attached hydrogens (tertiary/aromatic N) is 1. The number of aromatic nitrogens is 1. The number of anilines is 1. The maximum atomic E-state index is 12.2. The fourth-order valence-electron chi connectivity index (χ4n) is 2.38. The van der Waals surface area contributed by atoms with Gasteiger partial charge in [-0.1, -0.05) is 12.1 Å². The predicted octanol–water partition coefficient (Wildman–Crippen LogP) is 1.59. The molecule has 0 spiro atoms. The normalized spacial score (nSPS) is 14.4. The molecule has 0 bridgehead atoms. The van der Waals surface area contributed by atoms with E-state index >= 15 is 0 Å². The zero-order valence-corrected chi connectivity index (χ0v) is 12.9. The average molecular weight is 316 g/mol. The monoisotopic (exact) mass is 316 g/mol. The van der Waals surface area contributed by atoms with Crippen LogP contribution in [0.1, 0.15) is 39.6 Å². The second-order valence-electron chi connectivity index (χ2n) is 5.17. The van der Waals surface area contributed by atoms with Crippen LogP contribution in [-0.4, -0.2) is 16.8 Å². The lowest BCUT2D eigenvalue weighted by atomic mass is 10.0. The molecule has 1 atom stereocenters. The Morgan fingerprint density at radius 3 is 3.09 bits per heavy atom. The maximum absolute atomic E-state index is 12.2. The van der Waals surface area contributed by atoms with E-state index in [1.807, 2.05) is 25.1 Å². The number of carbonyl (C=O) groups excluding carboxylic acids is 2. The van der Waals surface area contributed by atoms with E-state index in [4.69, 9.17) is 5.73 Å². The molecule has 1 aliphatic rings. The van der Waals surface area contributed by atoms with Crippen LogP contribution in [0.4, 0.5) is 5.69 Å². The van der Waals surface area contributed by atoms with Crippen LogP contribution in [0.2, 0.25) is 0 Å². The molecule has 114 valence electrons. The molecule has 22 heavy (non-hydrogen) atoms. The molecule has 6 nitrogen and oxygen atoms in total. The van der Waals surface area contributed by atoms with Crippen molar-refractivity contribution < 1.29 is 9.59 Å². The molecule has 0 radical (unpaired) electrons. The minimum atomic E-state index is -0.224. The largest absolute Gasteiger partial charge is 0.344 e. The van der Waals surface area contributed by atoms with Gasteiger partial charge in [-0.05, 0) is 24.1 Å². The van der Waals surface area contributed by atoms with Gasteiger partial charge in [0.25, 0.3) is 5.91 Å². The number of benzene rings is 1. The average Bonchev–Trinajstić information content (AvgIpc) is 3.11. The Morgan fingerprint density at radius 1 is 1.55 bits per heavy atom. The summed E-state index contributed by atoms with van der Waals surface area (Å²) in [5.74, 6) is -0.223. The summed E-state index contributed by atoms with van der Waals surface area (Å²) < 4.78 is 0. The number of fused-ring (bicyclic) bond motifs is 1. The predicted molar refractivity (Wildman–Crippen MR) is 84.7 cm³/mol. The first-order valence-corrected chi connectivity index (χ1v) is 7.83. The van der Waals surface area contributed by atoms with Gasteiger partial charge < -0.3 is 16.4 Å². The van der Waals surface area contributed by atoms with Crippen molar-refractivity contribution in [1.82, 2.24) is 10.3 Å². The number of rotatable bonds is 4. The molecular formula is C15H16N4O2S. The van der Waals surface area contributed by atoms with Gasteiger partial charge in [0.2, 0.25) is 5.91 Å². The van der Waals surface area contributed by atoms with E-state index < -0.39 is 0 Å². The van der Waals surface area contributed by atoms with Crippen LogP contribution in [0.5, 0.6) is 0 Å². The Kier molecular flexibility index (Phi) is 3.91. The molecule has 1 unspecified atom stereocenters. The highest BCUT2D eigenvalue weighted by Gasteiger charge is 2.20. The number of nitrogens with one attached hydrogen (secondary N) is 2. The lowest BCUT2D eigenvalue weighted by Gasteiger charge is -2.14. The van der Waals surface area contributed by atoms with E-state index in [-0.39, 0.29) is 17.9 Å². The number of nitrogens with two attached hydrogens (primary N) is 1. The quantitative estimate of drug-likeness (QED) is 0.798. The van der Waals surface area contributed by atoms with Crippen LogP contribution >= 0.6 is 11.3 Å². The highest BCUT2D eigenvalue weighted by Crippen LogP contribution is 2.26. The summed E-state index contributed by atoms with van der Waals surface area (Å²) in [5.41, 5.74) is 8.65. The van der Waals surface area contributed by atoms with E-state index in [0.717, 1.165) is 21.8 Å². The Labute approximate surface area is 131 Å². The molecule has 0 fully saturated rings. The Morgan fingerprint density at radius 2 is 2.36 bits per heavy atom. The summed E-state index contributed by atoms with van der Waals surface area (Å²) in [7, 11) is 0. The van der Waals surface area contributed by atoms with Gasteiger partial charge in [0.05, 0.1) is 12.5 Å². The summed E-state index contributed by atoms with van der Waals surface area (Å²) in [5, 5.41) is 8.14. The Hall–Kier alpha value is -2.25. The van der Waals surface area contributed by atoms with Gasteiger partial charge in [-0.3, -0.25) is 9.59 Å². The number of hydrogen-bond acceptors (Lipinski definition) is 5. The van der Waals surface area contributed by atoms with Gasteiger partial charge in [-0.2, -0.15) is 0 Å². The third-order valence-electron chi connectivity index (χ3n) is 3.56. The van der Waals surface area contributed by atoms with Crippen LogP contribution < -0.4 is 16.4 Å². The third kappa shape index (κ3) is 2.86. The van der Waals surface area contributed by atoms with Crippen molar-refractivity contribution in [3.8, 4) is 0 Å². The minimum Gasteiger partial charge on any atom is -0.344 e. The molecular weight excluding hydrogens is 300 g/mol. The van der Waals surface area contributed by atoms with Crippen molar-refractivity contribution in [3.05, 3.63) is 45.4 Å². The van der Waals surface area contributed by atoms with Crippen molar-refractivity contribution >= 4 is 28.8 Å². The second-order valence-corrected chi connectivity index (χ2v) is 6.11. The van der Waals surface area contributed by atoms with Gasteiger partial charge in [-0.25, -0.2) is 4.98 Å². The van der Waals surface area contributed by atoms with Crippen LogP contribution in [0.3, 0.4) is 0 Å². The van der Waals surface area contributed by atoms with Crippen molar-refractivity contribution in [2.45, 2.75) is 25.9 Å². The van der Waals surface area contributed by atoms with Crippen molar-refractivity contribution in [3.63, 3.8) is 0 Å². The molecule has 0 saturated carbocycles. The molecule has 1 aromatic carbocycles. The molecule has 4 N–H and O–H groups in total. The third-order valence-corrected chi connectivity index (χ3v) is 4.43. The van der Waals surface area contributed by atoms with E-state index in [2.05, 4.69) is 15.6 Å². The highest BCUT2D eigenvalue weighted by molar-refractivity contribution is 7.09. The first-order chi connectivity index (χ1) is 10.6. The molecule has 3 rings (SSSR count). The van der Waals surface area contributed by atoms with Gasteiger partial charge in [0.15, 0.2) is 0 Å². The first kappa shape index (κ1) is 14.7. The molecule has 0 aliphatic carbocycles. The topological polar surface area (TPSA) is 97.1 Å². The summed E-state index contributed by atoms with van der Waals surface area (Å²) in [6.45, 7) is 2.24. The summed E-state index contributed by atoms with van der Waals surface area (Å²) in [6, 6.07) is 5.55. The molecule has 0 saturated heterocycles. The van der Waals surface area contributed by atoms with Gasteiger partial charge in [0, 0.05) is 17.6 Å². The number of hydrogen-bond donors (Lipinski definition) is 3. The van der Waals surface area contributed by atoms with Crippen LogP contribution in [0.25, 0.3) is 0 Å². The molecule has 7 heteroatoms. The van der Waals surface area contributed by atoms with Crippen molar-refractivity contribution in [1.29, 1.82) is 0 Å². The summed E-state index contributed by atoms with van der Waals surface area (Å²) in [4.78, 5) is 27.7. The van der Waals surface area contributed by atoms with Crippen LogP contribution in [0.15, 0.2) is 23.6 Å². The number of thiazole rings is 1. The standard InChI is InChI=1S/C15H16N4O2S/c1-8(17-15(21)12-7-22-14(6-16)19-12)9-2-3-11-10(4-9)5-13(20)18-11/h2-4,7-8H,5-6,16H2,1H3,(H,17,21)(H,18,20). The fourth-order valence-corrected chi connectivity index (χ4v) is 3.04. The fraction of sp³-hybridized carbons (Fsp3) is 0.267. The lowest BCUT2D eigenvalue weighted by molar-refractivity contribution is -0.115. The van der Waals surface area contributed by atoms with Crippen molar-refractivity contribution in [2.75, 3.05) is 5.32 Å². The zero-order valence-electron chi connectivity index (χ0n) is 12.1. The summed E-state index contributed by atoms with van der Waals surface area (Å²) >= 11 is 1.37. The van der Waals surface area contributed by atoms with Gasteiger partial charge in [0.1, 0.15) is 10.7 Å². The van der Waals surface area contributed by atoms with E-state index in [0.29, 0.717) is 18.7 Å². The van der Waals surface area contributed by atoms with E-state index in [9.17, 15) is 9.59 Å². The van der Waals surface area contributed by atoms with Gasteiger partial charge >= 0.3 is 0 Å².